The van der Waals surface area contributed by atoms with Crippen molar-refractivity contribution in [3.63, 3.8) is 0 Å². The average Bonchev–Trinajstić information content (AvgIpc) is 2.95. The number of rotatable bonds is 5. The fourth-order valence-electron chi connectivity index (χ4n) is 3.07. The fourth-order valence-corrected chi connectivity index (χ4v) is 3.07. The summed E-state index contributed by atoms with van der Waals surface area (Å²) in [6.45, 7) is 2.80. The van der Waals surface area contributed by atoms with E-state index in [1.165, 1.54) is 7.11 Å². The Morgan fingerprint density at radius 1 is 1.32 bits per heavy atom. The number of carbonyl (C=O) groups is 2. The maximum Gasteiger partial charge on any atom is 0.310 e. The van der Waals surface area contributed by atoms with Gasteiger partial charge >= 0.3 is 5.97 Å². The van der Waals surface area contributed by atoms with Crippen molar-refractivity contribution in [2.45, 2.75) is 19.9 Å². The summed E-state index contributed by atoms with van der Waals surface area (Å²) in [7, 11) is 1.37. The number of amides is 1. The molecule has 0 radical (unpaired) electrons. The standard InChI is InChI=1S/C19H21N3O3/c1-3-12(19(24)25-2)10-22-11-15-5-4-13(8-16(15)18(22)23)14-6-7-17(20)21-9-14/h4-9,12H,3,10-11H2,1-2H3,(H2,20,21)/t12-/m0/s1. The van der Waals surface area contributed by atoms with E-state index in [-0.39, 0.29) is 17.8 Å². The summed E-state index contributed by atoms with van der Waals surface area (Å²) in [4.78, 5) is 30.3. The van der Waals surface area contributed by atoms with Crippen molar-refractivity contribution < 1.29 is 14.3 Å². The molecular weight excluding hydrogens is 318 g/mol. The summed E-state index contributed by atoms with van der Waals surface area (Å²) in [5.74, 6) is -0.174. The zero-order chi connectivity index (χ0) is 18.0. The molecule has 1 aromatic heterocycles. The Morgan fingerprint density at radius 2 is 2.08 bits per heavy atom. The normalized spacial score (nSPS) is 14.3. The highest BCUT2D eigenvalue weighted by Crippen LogP contribution is 2.29. The van der Waals surface area contributed by atoms with E-state index in [0.717, 1.165) is 16.7 Å². The Bertz CT molecular complexity index is 802. The summed E-state index contributed by atoms with van der Waals surface area (Å²) in [6.07, 6.45) is 2.33. The number of pyridine rings is 1. The first-order valence-corrected chi connectivity index (χ1v) is 8.25. The van der Waals surface area contributed by atoms with Gasteiger partial charge in [0, 0.05) is 30.4 Å². The molecular formula is C19H21N3O3. The second kappa shape index (κ2) is 6.93. The van der Waals surface area contributed by atoms with Gasteiger partial charge in [-0.05, 0) is 35.7 Å². The topological polar surface area (TPSA) is 85.5 Å². The van der Waals surface area contributed by atoms with Gasteiger partial charge in [0.05, 0.1) is 13.0 Å². The number of carbonyl (C=O) groups excluding carboxylic acids is 2. The highest BCUT2D eigenvalue weighted by Gasteiger charge is 2.31. The van der Waals surface area contributed by atoms with Crippen molar-refractivity contribution in [3.8, 4) is 11.1 Å². The van der Waals surface area contributed by atoms with E-state index in [9.17, 15) is 9.59 Å². The van der Waals surface area contributed by atoms with Crippen LogP contribution in [-0.4, -0.2) is 35.4 Å². The summed E-state index contributed by atoms with van der Waals surface area (Å²) in [6, 6.07) is 9.42. The molecule has 1 aliphatic rings. The third-order valence-electron chi connectivity index (χ3n) is 4.58. The number of anilines is 1. The number of hydrogen-bond donors (Lipinski definition) is 1. The van der Waals surface area contributed by atoms with Crippen LogP contribution in [-0.2, 0) is 16.1 Å². The van der Waals surface area contributed by atoms with E-state index in [4.69, 9.17) is 10.5 Å². The van der Waals surface area contributed by atoms with Gasteiger partial charge in [-0.15, -0.1) is 0 Å². The van der Waals surface area contributed by atoms with Gasteiger partial charge in [0.2, 0.25) is 0 Å². The van der Waals surface area contributed by atoms with Gasteiger partial charge in [-0.1, -0.05) is 19.1 Å². The van der Waals surface area contributed by atoms with Crippen LogP contribution in [0.3, 0.4) is 0 Å². The van der Waals surface area contributed by atoms with Crippen LogP contribution in [0.1, 0.15) is 29.3 Å². The third-order valence-corrected chi connectivity index (χ3v) is 4.58. The number of methoxy groups -OCH3 is 1. The summed E-state index contributed by atoms with van der Waals surface area (Å²) < 4.78 is 4.82. The van der Waals surface area contributed by atoms with Crippen molar-refractivity contribution in [2.75, 3.05) is 19.4 Å². The third kappa shape index (κ3) is 3.33. The molecule has 0 unspecified atom stereocenters. The number of ether oxygens (including phenoxy) is 1. The first-order valence-electron chi connectivity index (χ1n) is 8.25. The minimum absolute atomic E-state index is 0.0531. The zero-order valence-electron chi connectivity index (χ0n) is 14.4. The maximum absolute atomic E-state index is 12.7. The van der Waals surface area contributed by atoms with E-state index in [1.807, 2.05) is 31.2 Å². The molecule has 2 aromatic rings. The van der Waals surface area contributed by atoms with Crippen LogP contribution in [0.15, 0.2) is 36.5 Å². The predicted molar refractivity (Wildman–Crippen MR) is 94.6 cm³/mol. The molecule has 6 nitrogen and oxygen atoms in total. The second-order valence-corrected chi connectivity index (χ2v) is 6.16. The van der Waals surface area contributed by atoms with Crippen LogP contribution in [0, 0.1) is 5.92 Å². The number of nitrogen functional groups attached to an aromatic ring is 1. The van der Waals surface area contributed by atoms with Crippen LogP contribution in [0.2, 0.25) is 0 Å². The van der Waals surface area contributed by atoms with Crippen LogP contribution < -0.4 is 5.73 Å². The molecule has 25 heavy (non-hydrogen) atoms. The fraction of sp³-hybridized carbons (Fsp3) is 0.316. The molecule has 0 saturated carbocycles. The zero-order valence-corrected chi connectivity index (χ0v) is 14.4. The molecule has 0 spiro atoms. The van der Waals surface area contributed by atoms with Gasteiger partial charge in [-0.2, -0.15) is 0 Å². The number of esters is 1. The van der Waals surface area contributed by atoms with Crippen molar-refractivity contribution in [3.05, 3.63) is 47.7 Å². The molecule has 0 bridgehead atoms. The summed E-state index contributed by atoms with van der Waals surface area (Å²) in [5, 5.41) is 0. The lowest BCUT2D eigenvalue weighted by atomic mass is 10.0. The van der Waals surface area contributed by atoms with Crippen LogP contribution in [0.5, 0.6) is 0 Å². The highest BCUT2D eigenvalue weighted by atomic mass is 16.5. The molecule has 6 heteroatoms. The van der Waals surface area contributed by atoms with Crippen molar-refractivity contribution in [2.24, 2.45) is 5.92 Å². The summed E-state index contributed by atoms with van der Waals surface area (Å²) in [5.41, 5.74) is 9.09. The molecule has 1 aromatic carbocycles. The second-order valence-electron chi connectivity index (χ2n) is 6.16. The van der Waals surface area contributed by atoms with Gasteiger partial charge in [0.25, 0.3) is 5.91 Å². The van der Waals surface area contributed by atoms with E-state index in [2.05, 4.69) is 4.98 Å². The molecule has 1 aliphatic heterocycles. The quantitative estimate of drug-likeness (QED) is 0.846. The molecule has 3 rings (SSSR count). The lowest BCUT2D eigenvalue weighted by Crippen LogP contribution is -2.33. The smallest absolute Gasteiger partial charge is 0.310 e. The number of fused-ring (bicyclic) bond motifs is 1. The Hall–Kier alpha value is -2.89. The lowest BCUT2D eigenvalue weighted by molar-refractivity contribution is -0.146. The van der Waals surface area contributed by atoms with Gasteiger partial charge < -0.3 is 15.4 Å². The Balaban J connectivity index is 1.82. The van der Waals surface area contributed by atoms with E-state index < -0.39 is 0 Å². The maximum atomic E-state index is 12.7. The van der Waals surface area contributed by atoms with Gasteiger partial charge in [-0.25, -0.2) is 4.98 Å². The lowest BCUT2D eigenvalue weighted by Gasteiger charge is -2.20. The predicted octanol–water partition coefficient (Wildman–Crippen LogP) is 2.49. The van der Waals surface area contributed by atoms with Gasteiger partial charge in [0.1, 0.15) is 5.82 Å². The number of hydrogen-bond acceptors (Lipinski definition) is 5. The van der Waals surface area contributed by atoms with E-state index in [0.29, 0.717) is 30.9 Å². The van der Waals surface area contributed by atoms with Crippen molar-refractivity contribution >= 4 is 17.7 Å². The molecule has 0 saturated heterocycles. The number of aromatic nitrogens is 1. The minimum atomic E-state index is -0.302. The first-order chi connectivity index (χ1) is 12.0. The Morgan fingerprint density at radius 3 is 2.72 bits per heavy atom. The largest absolute Gasteiger partial charge is 0.469 e. The van der Waals surface area contributed by atoms with E-state index >= 15 is 0 Å². The van der Waals surface area contributed by atoms with Crippen LogP contribution >= 0.6 is 0 Å². The highest BCUT2D eigenvalue weighted by molar-refractivity contribution is 5.99. The van der Waals surface area contributed by atoms with Crippen LogP contribution in [0.4, 0.5) is 5.82 Å². The minimum Gasteiger partial charge on any atom is -0.469 e. The molecule has 2 N–H and O–H groups in total. The van der Waals surface area contributed by atoms with E-state index in [1.54, 1.807) is 17.2 Å². The molecule has 1 amide bonds. The number of benzene rings is 1. The number of nitrogens with two attached hydrogens (primary N) is 1. The molecule has 0 aliphatic carbocycles. The average molecular weight is 339 g/mol. The molecule has 0 fully saturated rings. The molecule has 1 atom stereocenters. The SMILES string of the molecule is CC[C@@H](CN1Cc2ccc(-c3ccc(N)nc3)cc2C1=O)C(=O)OC. The Kier molecular flexibility index (Phi) is 4.70. The van der Waals surface area contributed by atoms with Crippen LogP contribution in [0.25, 0.3) is 11.1 Å². The van der Waals surface area contributed by atoms with Crippen molar-refractivity contribution in [1.29, 1.82) is 0 Å². The monoisotopic (exact) mass is 339 g/mol. The summed E-state index contributed by atoms with van der Waals surface area (Å²) >= 11 is 0. The first kappa shape index (κ1) is 17.0. The van der Waals surface area contributed by atoms with Crippen molar-refractivity contribution in [1.82, 2.24) is 9.88 Å². The molecule has 2 heterocycles. The molecule has 130 valence electrons. The Labute approximate surface area is 146 Å². The van der Waals surface area contributed by atoms with Gasteiger partial charge in [0.15, 0.2) is 0 Å². The van der Waals surface area contributed by atoms with Gasteiger partial charge in [-0.3, -0.25) is 9.59 Å². The number of nitrogens with zero attached hydrogens (tertiary/aromatic N) is 2.